The molecule has 3 aromatic rings. The van der Waals surface area contributed by atoms with Crippen LogP contribution in [-0.4, -0.2) is 25.5 Å². The number of piperidine rings is 1. The van der Waals surface area contributed by atoms with Crippen molar-refractivity contribution in [2.24, 2.45) is 5.92 Å². The molecule has 0 aliphatic carbocycles. The summed E-state index contributed by atoms with van der Waals surface area (Å²) >= 11 is 1.56. The summed E-state index contributed by atoms with van der Waals surface area (Å²) in [7, 11) is 0. The molecule has 1 amide bonds. The first-order valence-electron chi connectivity index (χ1n) is 9.58. The van der Waals surface area contributed by atoms with Gasteiger partial charge in [0.1, 0.15) is 11.4 Å². The first kappa shape index (κ1) is 19.0. The molecule has 0 spiro atoms. The molecule has 1 unspecified atom stereocenters. The number of carbonyl (C=O) groups excluding carboxylic acids is 1. The summed E-state index contributed by atoms with van der Waals surface area (Å²) in [5, 5.41) is 7.36. The lowest BCUT2D eigenvalue weighted by Crippen LogP contribution is -2.38. The Bertz CT molecular complexity index is 949. The molecule has 0 saturated carbocycles. The summed E-state index contributed by atoms with van der Waals surface area (Å²) < 4.78 is 19.0. The molecular weight excluding hydrogens is 375 g/mol. The number of halogens is 1. The maximum absolute atomic E-state index is 13.1. The molecule has 2 N–H and O–H groups in total. The third-order valence-electron chi connectivity index (χ3n) is 5.05. The van der Waals surface area contributed by atoms with Gasteiger partial charge in [0, 0.05) is 28.1 Å². The Morgan fingerprint density at radius 1 is 1.21 bits per heavy atom. The van der Waals surface area contributed by atoms with Crippen molar-refractivity contribution in [1.29, 1.82) is 0 Å². The molecule has 1 aromatic heterocycles. The molecule has 1 fully saturated rings. The van der Waals surface area contributed by atoms with E-state index in [-0.39, 0.29) is 11.7 Å². The van der Waals surface area contributed by atoms with Gasteiger partial charge in [-0.3, -0.25) is 4.79 Å². The van der Waals surface area contributed by atoms with Crippen molar-refractivity contribution in [2.45, 2.75) is 23.5 Å². The molecule has 4 nitrogen and oxygen atoms in total. The van der Waals surface area contributed by atoms with Crippen LogP contribution in [0.25, 0.3) is 11.0 Å². The van der Waals surface area contributed by atoms with Gasteiger partial charge in [-0.1, -0.05) is 18.2 Å². The van der Waals surface area contributed by atoms with Gasteiger partial charge < -0.3 is 15.1 Å². The van der Waals surface area contributed by atoms with Crippen molar-refractivity contribution in [3.63, 3.8) is 0 Å². The topological polar surface area (TPSA) is 54.3 Å². The number of furan rings is 1. The van der Waals surface area contributed by atoms with Gasteiger partial charge >= 0.3 is 0 Å². The predicted molar refractivity (Wildman–Crippen MR) is 110 cm³/mol. The van der Waals surface area contributed by atoms with E-state index in [4.69, 9.17) is 4.42 Å². The van der Waals surface area contributed by atoms with Crippen LogP contribution in [-0.2, 0) is 5.75 Å². The first-order valence-corrected chi connectivity index (χ1v) is 10.6. The van der Waals surface area contributed by atoms with Gasteiger partial charge in [-0.05, 0) is 62.2 Å². The molecule has 2 aromatic carbocycles. The van der Waals surface area contributed by atoms with Crippen LogP contribution in [0.4, 0.5) is 4.39 Å². The van der Waals surface area contributed by atoms with Crippen molar-refractivity contribution in [2.75, 3.05) is 19.6 Å². The van der Waals surface area contributed by atoms with Gasteiger partial charge in [0.15, 0.2) is 5.76 Å². The Morgan fingerprint density at radius 3 is 2.82 bits per heavy atom. The normalized spacial score (nSPS) is 17.0. The fourth-order valence-electron chi connectivity index (χ4n) is 3.53. The van der Waals surface area contributed by atoms with E-state index in [0.29, 0.717) is 29.6 Å². The summed E-state index contributed by atoms with van der Waals surface area (Å²) in [4.78, 5) is 13.8. The highest BCUT2D eigenvalue weighted by Gasteiger charge is 2.22. The predicted octanol–water partition coefficient (Wildman–Crippen LogP) is 4.59. The number of benzene rings is 2. The molecule has 146 valence electrons. The maximum Gasteiger partial charge on any atom is 0.287 e. The van der Waals surface area contributed by atoms with Gasteiger partial charge in [-0.2, -0.15) is 0 Å². The summed E-state index contributed by atoms with van der Waals surface area (Å²) in [5.41, 5.74) is 1.59. The smallest absolute Gasteiger partial charge is 0.287 e. The number of para-hydroxylation sites is 1. The zero-order valence-corrected chi connectivity index (χ0v) is 16.4. The highest BCUT2D eigenvalue weighted by molar-refractivity contribution is 7.98. The van der Waals surface area contributed by atoms with E-state index in [9.17, 15) is 9.18 Å². The minimum Gasteiger partial charge on any atom is -0.451 e. The second-order valence-electron chi connectivity index (χ2n) is 7.07. The summed E-state index contributed by atoms with van der Waals surface area (Å²) in [6.07, 6.45) is 2.27. The fourth-order valence-corrected chi connectivity index (χ4v) is 4.45. The van der Waals surface area contributed by atoms with Crippen LogP contribution in [0.1, 0.15) is 29.0 Å². The van der Waals surface area contributed by atoms with Gasteiger partial charge in [-0.15, -0.1) is 11.8 Å². The highest BCUT2D eigenvalue weighted by atomic mass is 32.2. The molecule has 2 heterocycles. The Morgan fingerprint density at radius 2 is 2.04 bits per heavy atom. The Balaban J connectivity index is 1.52. The number of nitrogens with one attached hydrogen (secondary N) is 2. The van der Waals surface area contributed by atoms with Gasteiger partial charge in [0.2, 0.25) is 0 Å². The minimum atomic E-state index is -0.254. The van der Waals surface area contributed by atoms with E-state index in [0.717, 1.165) is 41.8 Å². The van der Waals surface area contributed by atoms with E-state index < -0.39 is 0 Å². The molecule has 1 atom stereocenters. The molecule has 1 aliphatic heterocycles. The molecular formula is C22H23FN2O2S. The number of hydrogen-bond acceptors (Lipinski definition) is 4. The lowest BCUT2D eigenvalue weighted by molar-refractivity contribution is 0.0918. The van der Waals surface area contributed by atoms with Gasteiger partial charge in [-0.25, -0.2) is 4.39 Å². The lowest BCUT2D eigenvalue weighted by atomic mass is 10.00. The SMILES string of the molecule is O=C(NCC1CCCNC1)c1oc2ccccc2c1CSc1ccc(F)cc1. The van der Waals surface area contributed by atoms with Crippen LogP contribution in [0.2, 0.25) is 0 Å². The maximum atomic E-state index is 13.1. The Labute approximate surface area is 167 Å². The first-order chi connectivity index (χ1) is 13.7. The average molecular weight is 399 g/mol. The van der Waals surface area contributed by atoms with Crippen LogP contribution in [0, 0.1) is 11.7 Å². The monoisotopic (exact) mass is 398 g/mol. The summed E-state index contributed by atoms with van der Waals surface area (Å²) in [6.45, 7) is 2.64. The summed E-state index contributed by atoms with van der Waals surface area (Å²) in [6, 6.07) is 14.1. The standard InChI is InChI=1S/C22H23FN2O2S/c23-16-7-9-17(10-8-16)28-14-19-18-5-1-2-6-20(18)27-21(19)22(26)25-13-15-4-3-11-24-12-15/h1-2,5-10,15,24H,3-4,11-14H2,(H,25,26). The molecule has 0 bridgehead atoms. The third-order valence-corrected chi connectivity index (χ3v) is 6.09. The highest BCUT2D eigenvalue weighted by Crippen LogP contribution is 2.32. The van der Waals surface area contributed by atoms with Gasteiger partial charge in [0.05, 0.1) is 0 Å². The van der Waals surface area contributed by atoms with E-state index in [1.54, 1.807) is 23.9 Å². The largest absolute Gasteiger partial charge is 0.451 e. The fraction of sp³-hybridized carbons (Fsp3) is 0.318. The number of amides is 1. The van der Waals surface area contributed by atoms with Crippen molar-refractivity contribution in [1.82, 2.24) is 10.6 Å². The molecule has 0 radical (unpaired) electrons. The Hall–Kier alpha value is -2.31. The minimum absolute atomic E-state index is 0.170. The molecule has 1 saturated heterocycles. The van der Waals surface area contributed by atoms with E-state index in [2.05, 4.69) is 10.6 Å². The van der Waals surface area contributed by atoms with E-state index in [1.807, 2.05) is 24.3 Å². The molecule has 1 aliphatic rings. The van der Waals surface area contributed by atoms with Crippen LogP contribution in [0.3, 0.4) is 0 Å². The van der Waals surface area contributed by atoms with E-state index >= 15 is 0 Å². The zero-order valence-electron chi connectivity index (χ0n) is 15.5. The number of rotatable bonds is 6. The lowest BCUT2D eigenvalue weighted by Gasteiger charge is -2.22. The van der Waals surface area contributed by atoms with Crippen molar-refractivity contribution in [3.05, 3.63) is 65.7 Å². The van der Waals surface area contributed by atoms with E-state index in [1.165, 1.54) is 12.1 Å². The van der Waals surface area contributed by atoms with Crippen molar-refractivity contribution < 1.29 is 13.6 Å². The molecule has 4 rings (SSSR count). The quantitative estimate of drug-likeness (QED) is 0.596. The number of thioether (sulfide) groups is 1. The van der Waals surface area contributed by atoms with Crippen LogP contribution >= 0.6 is 11.8 Å². The van der Waals surface area contributed by atoms with Crippen LogP contribution < -0.4 is 10.6 Å². The zero-order chi connectivity index (χ0) is 19.3. The van der Waals surface area contributed by atoms with Gasteiger partial charge in [0.25, 0.3) is 5.91 Å². The Kier molecular flexibility index (Phi) is 5.98. The van der Waals surface area contributed by atoms with Crippen LogP contribution in [0.15, 0.2) is 57.8 Å². The number of carbonyl (C=O) groups is 1. The van der Waals surface area contributed by atoms with Crippen LogP contribution in [0.5, 0.6) is 0 Å². The molecule has 28 heavy (non-hydrogen) atoms. The second kappa shape index (κ2) is 8.80. The van der Waals surface area contributed by atoms with Crippen molar-refractivity contribution in [3.8, 4) is 0 Å². The average Bonchev–Trinajstić information content (AvgIpc) is 3.11. The third kappa shape index (κ3) is 4.39. The summed E-state index contributed by atoms with van der Waals surface area (Å²) in [5.74, 6) is 0.988. The number of fused-ring (bicyclic) bond motifs is 1. The molecule has 6 heteroatoms. The number of hydrogen-bond donors (Lipinski definition) is 2. The second-order valence-corrected chi connectivity index (χ2v) is 8.12. The van der Waals surface area contributed by atoms with Crippen molar-refractivity contribution >= 4 is 28.6 Å².